The van der Waals surface area contributed by atoms with Gasteiger partial charge in [-0.2, -0.15) is 5.10 Å². The zero-order valence-corrected chi connectivity index (χ0v) is 8.30. The Morgan fingerprint density at radius 2 is 2.40 bits per heavy atom. The van der Waals surface area contributed by atoms with Crippen molar-refractivity contribution in [2.24, 2.45) is 0 Å². The summed E-state index contributed by atoms with van der Waals surface area (Å²) in [5.41, 5.74) is 7.22. The van der Waals surface area contributed by atoms with Crippen molar-refractivity contribution in [3.8, 4) is 0 Å². The minimum atomic E-state index is -0.325. The first-order valence-electron chi connectivity index (χ1n) is 4.51. The molecule has 0 aliphatic heterocycles. The van der Waals surface area contributed by atoms with Crippen LogP contribution in [0.25, 0.3) is 10.9 Å². The van der Waals surface area contributed by atoms with Gasteiger partial charge in [0, 0.05) is 18.0 Å². The molecule has 0 atom stereocenters. The molecule has 1 aromatic heterocycles. The number of nitrogen functional groups attached to an aromatic ring is 1. The van der Waals surface area contributed by atoms with E-state index >= 15 is 0 Å². The van der Waals surface area contributed by atoms with E-state index in [9.17, 15) is 4.79 Å². The van der Waals surface area contributed by atoms with Crippen molar-refractivity contribution in [3.05, 3.63) is 24.4 Å². The Bertz CT molecular complexity index is 504. The monoisotopic (exact) mass is 205 g/mol. The predicted molar refractivity (Wildman–Crippen MR) is 55.9 cm³/mol. The summed E-state index contributed by atoms with van der Waals surface area (Å²) in [6, 6.07) is 5.46. The van der Waals surface area contributed by atoms with E-state index in [2.05, 4.69) is 5.10 Å². The van der Waals surface area contributed by atoms with Crippen molar-refractivity contribution in [1.29, 1.82) is 0 Å². The molecule has 0 aliphatic carbocycles. The number of hydrogen-bond acceptors (Lipinski definition) is 4. The number of hydrogen-bond donors (Lipinski definition) is 1. The maximum atomic E-state index is 10.6. The van der Waals surface area contributed by atoms with Crippen molar-refractivity contribution in [2.45, 2.75) is 13.7 Å². The molecule has 0 radical (unpaired) electrons. The van der Waals surface area contributed by atoms with E-state index in [4.69, 9.17) is 10.5 Å². The second kappa shape index (κ2) is 3.61. The first kappa shape index (κ1) is 9.51. The first-order valence-corrected chi connectivity index (χ1v) is 4.51. The third-order valence-corrected chi connectivity index (χ3v) is 2.06. The van der Waals surface area contributed by atoms with Gasteiger partial charge in [-0.15, -0.1) is 0 Å². The molecule has 5 heteroatoms. The maximum Gasteiger partial charge on any atom is 0.304 e. The second-order valence-electron chi connectivity index (χ2n) is 3.23. The minimum absolute atomic E-state index is 0.128. The molecule has 0 bridgehead atoms. The summed E-state index contributed by atoms with van der Waals surface area (Å²) in [6.45, 7) is 1.49. The van der Waals surface area contributed by atoms with Crippen LogP contribution < -0.4 is 5.73 Å². The van der Waals surface area contributed by atoms with E-state index in [1.54, 1.807) is 16.9 Å². The molecule has 0 saturated carbocycles. The minimum Gasteiger partial charge on any atom is -0.443 e. The Labute approximate surface area is 86.4 Å². The lowest BCUT2D eigenvalue weighted by molar-refractivity contribution is -0.144. The van der Waals surface area contributed by atoms with Crippen LogP contribution in [0.15, 0.2) is 24.4 Å². The number of aromatic nitrogens is 2. The van der Waals surface area contributed by atoms with Crippen LogP contribution in [0.1, 0.15) is 6.92 Å². The third-order valence-electron chi connectivity index (χ3n) is 2.06. The molecule has 78 valence electrons. The molecule has 1 heterocycles. The Morgan fingerprint density at radius 3 is 3.13 bits per heavy atom. The molecular weight excluding hydrogens is 194 g/mol. The van der Waals surface area contributed by atoms with Crippen molar-refractivity contribution in [2.75, 3.05) is 5.73 Å². The fraction of sp³-hybridized carbons (Fsp3) is 0.200. The summed E-state index contributed by atoms with van der Waals surface area (Å²) in [5, 5.41) is 5.02. The van der Waals surface area contributed by atoms with Crippen molar-refractivity contribution < 1.29 is 9.53 Å². The van der Waals surface area contributed by atoms with Gasteiger partial charge in [-0.3, -0.25) is 4.79 Å². The van der Waals surface area contributed by atoms with Gasteiger partial charge in [-0.25, -0.2) is 4.68 Å². The van der Waals surface area contributed by atoms with Crippen molar-refractivity contribution in [3.63, 3.8) is 0 Å². The summed E-state index contributed by atoms with van der Waals surface area (Å²) in [7, 11) is 0. The molecule has 2 rings (SSSR count). The normalized spacial score (nSPS) is 10.5. The third kappa shape index (κ3) is 1.90. The molecular formula is C10H11N3O2. The highest BCUT2D eigenvalue weighted by atomic mass is 16.5. The lowest BCUT2D eigenvalue weighted by Gasteiger charge is -2.03. The van der Waals surface area contributed by atoms with Gasteiger partial charge in [0.1, 0.15) is 0 Å². The lowest BCUT2D eigenvalue weighted by atomic mass is 10.2. The molecule has 0 unspecified atom stereocenters. The van der Waals surface area contributed by atoms with Crippen LogP contribution in [0.4, 0.5) is 5.69 Å². The topological polar surface area (TPSA) is 70.1 Å². The summed E-state index contributed by atoms with van der Waals surface area (Å²) in [6.07, 6.45) is 1.69. The number of ether oxygens (including phenoxy) is 1. The molecule has 0 fully saturated rings. The highest BCUT2D eigenvalue weighted by molar-refractivity contribution is 5.81. The second-order valence-corrected chi connectivity index (χ2v) is 3.23. The number of carbonyl (C=O) groups is 1. The molecule has 1 aromatic carbocycles. The van der Waals surface area contributed by atoms with Gasteiger partial charge in [-0.1, -0.05) is 0 Å². The quantitative estimate of drug-likeness (QED) is 0.589. The summed E-state index contributed by atoms with van der Waals surface area (Å²) in [5.74, 6) is -0.325. The Balaban J connectivity index is 2.32. The molecule has 15 heavy (non-hydrogen) atoms. The fourth-order valence-corrected chi connectivity index (χ4v) is 1.36. The van der Waals surface area contributed by atoms with Crippen LogP contribution in [-0.4, -0.2) is 15.7 Å². The molecule has 0 saturated heterocycles. The fourth-order valence-electron chi connectivity index (χ4n) is 1.36. The van der Waals surface area contributed by atoms with Gasteiger partial charge in [0.05, 0.1) is 11.7 Å². The number of nitrogens with zero attached hydrogens (tertiary/aromatic N) is 2. The van der Waals surface area contributed by atoms with Crippen LogP contribution in [0.2, 0.25) is 0 Å². The lowest BCUT2D eigenvalue weighted by Crippen LogP contribution is -2.07. The van der Waals surface area contributed by atoms with E-state index < -0.39 is 0 Å². The number of esters is 1. The van der Waals surface area contributed by atoms with E-state index in [1.165, 1.54) is 6.92 Å². The largest absolute Gasteiger partial charge is 0.443 e. The summed E-state index contributed by atoms with van der Waals surface area (Å²) in [4.78, 5) is 10.6. The molecule has 2 aromatic rings. The summed E-state index contributed by atoms with van der Waals surface area (Å²) < 4.78 is 6.46. The smallest absolute Gasteiger partial charge is 0.304 e. The number of rotatable bonds is 2. The number of benzene rings is 1. The van der Waals surface area contributed by atoms with E-state index in [0.29, 0.717) is 5.69 Å². The average Bonchev–Trinajstić information content (AvgIpc) is 2.57. The van der Waals surface area contributed by atoms with E-state index in [-0.39, 0.29) is 12.7 Å². The number of fused-ring (bicyclic) bond motifs is 1. The zero-order chi connectivity index (χ0) is 10.8. The van der Waals surface area contributed by atoms with Gasteiger partial charge in [0.2, 0.25) is 0 Å². The summed E-state index contributed by atoms with van der Waals surface area (Å²) >= 11 is 0. The zero-order valence-electron chi connectivity index (χ0n) is 8.30. The molecule has 0 amide bonds. The van der Waals surface area contributed by atoms with Crippen LogP contribution in [0, 0.1) is 0 Å². The molecule has 0 aliphatic rings. The van der Waals surface area contributed by atoms with Crippen molar-refractivity contribution >= 4 is 22.6 Å². The molecule has 0 spiro atoms. The number of carbonyl (C=O) groups excluding carboxylic acids is 1. The Hall–Kier alpha value is -2.04. The van der Waals surface area contributed by atoms with Gasteiger partial charge < -0.3 is 10.5 Å². The standard InChI is InChI=1S/C10H11N3O2/c1-7(14)15-6-13-10-3-2-9(11)4-8(10)5-12-13/h2-5H,6,11H2,1H3. The van der Waals surface area contributed by atoms with Crippen LogP contribution >= 0.6 is 0 Å². The Kier molecular flexibility index (Phi) is 2.29. The maximum absolute atomic E-state index is 10.6. The van der Waals surface area contributed by atoms with Crippen LogP contribution in [-0.2, 0) is 16.3 Å². The SMILES string of the molecule is CC(=O)OCn1ncc2cc(N)ccc21. The number of nitrogens with two attached hydrogens (primary N) is 1. The number of anilines is 1. The predicted octanol–water partition coefficient (Wildman–Crippen LogP) is 1.14. The first-order chi connectivity index (χ1) is 7.16. The average molecular weight is 205 g/mol. The van der Waals surface area contributed by atoms with Gasteiger partial charge >= 0.3 is 5.97 Å². The van der Waals surface area contributed by atoms with Gasteiger partial charge in [-0.05, 0) is 18.2 Å². The Morgan fingerprint density at radius 1 is 1.60 bits per heavy atom. The highest BCUT2D eigenvalue weighted by Crippen LogP contribution is 2.16. The molecule has 2 N–H and O–H groups in total. The van der Waals surface area contributed by atoms with Crippen LogP contribution in [0.3, 0.4) is 0 Å². The van der Waals surface area contributed by atoms with Gasteiger partial charge in [0.15, 0.2) is 6.73 Å². The van der Waals surface area contributed by atoms with Crippen LogP contribution in [0.5, 0.6) is 0 Å². The highest BCUT2D eigenvalue weighted by Gasteiger charge is 2.03. The van der Waals surface area contributed by atoms with Crippen molar-refractivity contribution in [1.82, 2.24) is 9.78 Å². The van der Waals surface area contributed by atoms with Gasteiger partial charge in [0.25, 0.3) is 0 Å². The van der Waals surface area contributed by atoms with E-state index in [0.717, 1.165) is 10.9 Å². The molecule has 5 nitrogen and oxygen atoms in total. The van der Waals surface area contributed by atoms with E-state index in [1.807, 2.05) is 12.1 Å².